The second-order valence-electron chi connectivity index (χ2n) is 3.80. The average molecular weight is 216 g/mol. The van der Waals surface area contributed by atoms with Gasteiger partial charge >= 0.3 is 5.97 Å². The van der Waals surface area contributed by atoms with E-state index in [4.69, 9.17) is 5.11 Å². The molecule has 0 saturated heterocycles. The highest BCUT2D eigenvalue weighted by Crippen LogP contribution is 2.20. The summed E-state index contributed by atoms with van der Waals surface area (Å²) in [5.41, 5.74) is 1.36. The van der Waals surface area contributed by atoms with Crippen LogP contribution in [0.5, 0.6) is 0 Å². The van der Waals surface area contributed by atoms with E-state index in [2.05, 4.69) is 0 Å². The molecule has 1 aromatic rings. The quantitative estimate of drug-likeness (QED) is 0.732. The topological polar surface area (TPSA) is 54.4 Å². The Bertz CT molecular complexity index is 472. The smallest absolute Gasteiger partial charge is 0.339 e. The lowest BCUT2D eigenvalue weighted by molar-refractivity contribution is -0.132. The van der Waals surface area contributed by atoms with E-state index in [0.717, 1.165) is 18.4 Å². The van der Waals surface area contributed by atoms with E-state index < -0.39 is 5.97 Å². The molecule has 1 aliphatic carbocycles. The Hall–Kier alpha value is -1.90. The van der Waals surface area contributed by atoms with Crippen molar-refractivity contribution >= 4 is 11.8 Å². The molecular formula is C13H12O3. The highest BCUT2D eigenvalue weighted by Gasteiger charge is 2.22. The van der Waals surface area contributed by atoms with Crippen molar-refractivity contribution in [3.05, 3.63) is 47.0 Å². The summed E-state index contributed by atoms with van der Waals surface area (Å²) in [5, 5.41) is 8.96. The first-order valence-corrected chi connectivity index (χ1v) is 5.26. The van der Waals surface area contributed by atoms with Gasteiger partial charge in [0.25, 0.3) is 0 Å². The van der Waals surface area contributed by atoms with Gasteiger partial charge in [-0.05, 0) is 24.8 Å². The highest BCUT2D eigenvalue weighted by molar-refractivity contribution is 6.24. The first kappa shape index (κ1) is 10.6. The van der Waals surface area contributed by atoms with Crippen LogP contribution in [0.1, 0.15) is 28.8 Å². The monoisotopic (exact) mass is 216 g/mol. The summed E-state index contributed by atoms with van der Waals surface area (Å²) in [6.45, 7) is 0. The van der Waals surface area contributed by atoms with Crippen molar-refractivity contribution in [2.75, 3.05) is 0 Å². The van der Waals surface area contributed by atoms with Crippen molar-refractivity contribution in [1.82, 2.24) is 0 Å². The lowest BCUT2D eigenvalue weighted by Crippen LogP contribution is -2.16. The summed E-state index contributed by atoms with van der Waals surface area (Å²) in [6.07, 6.45) is 3.87. The second kappa shape index (κ2) is 4.31. The Balaban J connectivity index is 2.50. The fourth-order valence-electron chi connectivity index (χ4n) is 1.92. The molecule has 0 aromatic heterocycles. The van der Waals surface area contributed by atoms with Crippen LogP contribution in [0.15, 0.2) is 35.9 Å². The van der Waals surface area contributed by atoms with Crippen LogP contribution in [-0.4, -0.2) is 16.9 Å². The van der Waals surface area contributed by atoms with Gasteiger partial charge in [-0.15, -0.1) is 0 Å². The van der Waals surface area contributed by atoms with Crippen LogP contribution in [0.3, 0.4) is 0 Å². The third-order valence-corrected chi connectivity index (χ3v) is 2.74. The van der Waals surface area contributed by atoms with Gasteiger partial charge < -0.3 is 5.11 Å². The largest absolute Gasteiger partial charge is 0.478 e. The lowest BCUT2D eigenvalue weighted by atomic mass is 9.92. The van der Waals surface area contributed by atoms with Crippen LogP contribution in [0, 0.1) is 0 Å². The van der Waals surface area contributed by atoms with Crippen LogP contribution >= 0.6 is 0 Å². The maximum absolute atomic E-state index is 12.0. The standard InChI is InChI=1S/C13H12O3/c14-12-10-7-3-1-5-9(10)6-2-4-8-11(12)13(15)16/h1,3,5,7-8H,2,4,6H2,(H,15,16)/b11-8+. The minimum Gasteiger partial charge on any atom is -0.478 e. The van der Waals surface area contributed by atoms with E-state index in [-0.39, 0.29) is 11.4 Å². The van der Waals surface area contributed by atoms with Crippen LogP contribution in [0.4, 0.5) is 0 Å². The number of Topliss-reactive ketones (excluding diaryl/α,β-unsaturated/α-hetero) is 1. The van der Waals surface area contributed by atoms with Crippen molar-refractivity contribution in [2.45, 2.75) is 19.3 Å². The fourth-order valence-corrected chi connectivity index (χ4v) is 1.92. The number of carboxylic acids is 1. The normalized spacial score (nSPS) is 19.0. The van der Waals surface area contributed by atoms with Gasteiger partial charge in [0.15, 0.2) is 5.78 Å². The molecule has 0 amide bonds. The van der Waals surface area contributed by atoms with Gasteiger partial charge in [-0.25, -0.2) is 4.79 Å². The van der Waals surface area contributed by atoms with Crippen molar-refractivity contribution in [3.63, 3.8) is 0 Å². The number of rotatable bonds is 1. The fraction of sp³-hybridized carbons (Fsp3) is 0.231. The molecule has 0 fully saturated rings. The van der Waals surface area contributed by atoms with E-state index in [9.17, 15) is 9.59 Å². The Kier molecular flexibility index (Phi) is 2.86. The number of carbonyl (C=O) groups excluding carboxylic acids is 1. The molecule has 0 aliphatic heterocycles. The maximum Gasteiger partial charge on any atom is 0.339 e. The molecule has 1 aliphatic rings. The third kappa shape index (κ3) is 1.89. The SMILES string of the molecule is O=C(O)/C1=C/CCCc2ccccc2C1=O. The van der Waals surface area contributed by atoms with E-state index in [1.807, 2.05) is 12.1 Å². The van der Waals surface area contributed by atoms with Gasteiger partial charge in [0.1, 0.15) is 5.57 Å². The number of benzene rings is 1. The molecule has 2 rings (SSSR count). The molecule has 0 radical (unpaired) electrons. The zero-order valence-electron chi connectivity index (χ0n) is 8.77. The molecule has 1 aromatic carbocycles. The van der Waals surface area contributed by atoms with Crippen LogP contribution in [0.2, 0.25) is 0 Å². The first-order valence-electron chi connectivity index (χ1n) is 5.26. The number of hydrogen-bond donors (Lipinski definition) is 1. The summed E-state index contributed by atoms with van der Waals surface area (Å²) in [6, 6.07) is 7.22. The van der Waals surface area contributed by atoms with Gasteiger partial charge in [0, 0.05) is 5.56 Å². The summed E-state index contributed by atoms with van der Waals surface area (Å²) in [7, 11) is 0. The Morgan fingerprint density at radius 1 is 1.25 bits per heavy atom. The number of fused-ring (bicyclic) bond motifs is 1. The minimum absolute atomic E-state index is 0.104. The molecule has 3 nitrogen and oxygen atoms in total. The van der Waals surface area contributed by atoms with Gasteiger partial charge in [-0.1, -0.05) is 30.3 Å². The number of hydrogen-bond acceptors (Lipinski definition) is 2. The summed E-state index contributed by atoms with van der Waals surface area (Å²) >= 11 is 0. The van der Waals surface area contributed by atoms with Crippen molar-refractivity contribution in [1.29, 1.82) is 0 Å². The highest BCUT2D eigenvalue weighted by atomic mass is 16.4. The zero-order valence-corrected chi connectivity index (χ0v) is 8.77. The van der Waals surface area contributed by atoms with Gasteiger partial charge in [0.05, 0.1) is 0 Å². The Labute approximate surface area is 93.4 Å². The minimum atomic E-state index is -1.14. The summed E-state index contributed by atoms with van der Waals surface area (Å²) in [4.78, 5) is 22.9. The number of carboxylic acid groups (broad SMARTS) is 1. The number of aliphatic carboxylic acids is 1. The van der Waals surface area contributed by atoms with E-state index in [1.54, 1.807) is 12.1 Å². The number of allylic oxidation sites excluding steroid dienone is 1. The molecule has 3 heteroatoms. The predicted octanol–water partition coefficient (Wildman–Crippen LogP) is 2.22. The molecule has 82 valence electrons. The van der Waals surface area contributed by atoms with Crippen molar-refractivity contribution in [2.24, 2.45) is 0 Å². The third-order valence-electron chi connectivity index (χ3n) is 2.74. The van der Waals surface area contributed by atoms with Gasteiger partial charge in [-0.2, -0.15) is 0 Å². The average Bonchev–Trinajstić information content (AvgIpc) is 2.26. The molecule has 0 atom stereocenters. The maximum atomic E-state index is 12.0. The molecule has 0 heterocycles. The molecule has 16 heavy (non-hydrogen) atoms. The number of carbonyl (C=O) groups is 2. The number of ketones is 1. The van der Waals surface area contributed by atoms with Crippen LogP contribution in [-0.2, 0) is 11.2 Å². The second-order valence-corrected chi connectivity index (χ2v) is 3.80. The molecule has 0 spiro atoms. The Morgan fingerprint density at radius 3 is 2.75 bits per heavy atom. The van der Waals surface area contributed by atoms with Crippen molar-refractivity contribution < 1.29 is 14.7 Å². The molecule has 1 N–H and O–H groups in total. The molecule has 0 bridgehead atoms. The van der Waals surface area contributed by atoms with Crippen LogP contribution in [0.25, 0.3) is 0 Å². The first-order chi connectivity index (χ1) is 7.70. The lowest BCUT2D eigenvalue weighted by Gasteiger charge is -2.11. The summed E-state index contributed by atoms with van der Waals surface area (Å²) < 4.78 is 0. The molecule has 0 unspecified atom stereocenters. The zero-order chi connectivity index (χ0) is 11.5. The summed E-state index contributed by atoms with van der Waals surface area (Å²) in [5.74, 6) is -1.51. The predicted molar refractivity (Wildman–Crippen MR) is 59.4 cm³/mol. The van der Waals surface area contributed by atoms with E-state index in [1.165, 1.54) is 6.08 Å². The number of aryl methyl sites for hydroxylation is 1. The van der Waals surface area contributed by atoms with E-state index in [0.29, 0.717) is 12.0 Å². The Morgan fingerprint density at radius 2 is 2.00 bits per heavy atom. The van der Waals surface area contributed by atoms with E-state index >= 15 is 0 Å². The molecule has 0 saturated carbocycles. The van der Waals surface area contributed by atoms with Gasteiger partial charge in [-0.3, -0.25) is 4.79 Å². The molecular weight excluding hydrogens is 204 g/mol. The van der Waals surface area contributed by atoms with Crippen molar-refractivity contribution in [3.8, 4) is 0 Å². The van der Waals surface area contributed by atoms with Gasteiger partial charge in [0.2, 0.25) is 0 Å². The van der Waals surface area contributed by atoms with Crippen LogP contribution < -0.4 is 0 Å².